The maximum Gasteiger partial charge on any atom is 0.325 e. The molecule has 0 saturated carbocycles. The molecule has 3 amide bonds. The number of ether oxygens (including phenoxy) is 1. The number of imide groups is 1. The number of carbonyl (C=O) groups excluding carboxylic acids is 2. The van der Waals surface area contributed by atoms with Crippen LogP contribution in [-0.4, -0.2) is 47.0 Å². The molecule has 2 saturated heterocycles. The van der Waals surface area contributed by atoms with Gasteiger partial charge in [0, 0.05) is 12.3 Å². The molecule has 0 aromatic heterocycles. The zero-order valence-electron chi connectivity index (χ0n) is 12.6. The Hall–Kier alpha value is -2.20. The van der Waals surface area contributed by atoms with Crippen LogP contribution in [0.3, 0.4) is 0 Å². The van der Waals surface area contributed by atoms with E-state index in [-0.39, 0.29) is 11.9 Å². The number of nitrogens with zero attached hydrogens (tertiary/aromatic N) is 2. The lowest BCUT2D eigenvalue weighted by atomic mass is 9.99. The number of urea groups is 1. The first-order chi connectivity index (χ1) is 11.1. The molecule has 3 rings (SSSR count). The third-order valence-corrected chi connectivity index (χ3v) is 5.24. The normalized spacial score (nSPS) is 23.2. The van der Waals surface area contributed by atoms with E-state index in [4.69, 9.17) is 10.00 Å². The van der Waals surface area contributed by atoms with Crippen LogP contribution in [0.1, 0.15) is 18.4 Å². The number of hydrogen-bond acceptors (Lipinski definition) is 5. The van der Waals surface area contributed by atoms with E-state index in [0.29, 0.717) is 43.1 Å². The maximum atomic E-state index is 12.4. The number of hydrogen-bond donors (Lipinski definition) is 1. The van der Waals surface area contributed by atoms with Crippen molar-refractivity contribution >= 4 is 23.7 Å². The fourth-order valence-corrected chi connectivity index (χ4v) is 4.08. The molecule has 0 radical (unpaired) electrons. The lowest BCUT2D eigenvalue weighted by Crippen LogP contribution is -2.47. The summed E-state index contributed by atoms with van der Waals surface area (Å²) >= 11 is 1.70. The summed E-state index contributed by atoms with van der Waals surface area (Å²) in [6, 6.07) is 8.59. The molecule has 2 aliphatic rings. The molecule has 2 aliphatic heterocycles. The summed E-state index contributed by atoms with van der Waals surface area (Å²) in [6.45, 7) is 0.762. The van der Waals surface area contributed by atoms with Crippen LogP contribution in [0, 0.1) is 11.3 Å². The topological polar surface area (TPSA) is 82.4 Å². The Kier molecular flexibility index (Phi) is 4.44. The van der Waals surface area contributed by atoms with Crippen molar-refractivity contribution in [2.24, 2.45) is 0 Å². The van der Waals surface area contributed by atoms with E-state index in [9.17, 15) is 9.59 Å². The molecule has 1 N–H and O–H groups in total. The van der Waals surface area contributed by atoms with Crippen molar-refractivity contribution in [3.05, 3.63) is 29.8 Å². The highest BCUT2D eigenvalue weighted by atomic mass is 32.2. The van der Waals surface area contributed by atoms with Gasteiger partial charge in [-0.15, -0.1) is 0 Å². The Bertz CT molecular complexity index is 648. The lowest BCUT2D eigenvalue weighted by molar-refractivity contribution is -0.130. The minimum absolute atomic E-state index is 0.106. The van der Waals surface area contributed by atoms with E-state index in [0.717, 1.165) is 5.75 Å². The first-order valence-electron chi connectivity index (χ1n) is 7.49. The van der Waals surface area contributed by atoms with E-state index in [1.54, 1.807) is 36.0 Å². The first-order valence-corrected chi connectivity index (χ1v) is 8.65. The number of benzene rings is 1. The van der Waals surface area contributed by atoms with Crippen molar-refractivity contribution in [2.45, 2.75) is 18.4 Å². The van der Waals surface area contributed by atoms with Gasteiger partial charge in [0.15, 0.2) is 0 Å². The Morgan fingerprint density at radius 3 is 2.78 bits per heavy atom. The van der Waals surface area contributed by atoms with Crippen LogP contribution >= 0.6 is 11.8 Å². The van der Waals surface area contributed by atoms with Gasteiger partial charge >= 0.3 is 6.03 Å². The van der Waals surface area contributed by atoms with Crippen molar-refractivity contribution < 1.29 is 14.3 Å². The summed E-state index contributed by atoms with van der Waals surface area (Å²) < 4.78 is 5.57. The molecule has 6 nitrogen and oxygen atoms in total. The van der Waals surface area contributed by atoms with E-state index >= 15 is 0 Å². The highest BCUT2D eigenvalue weighted by Gasteiger charge is 2.52. The second kappa shape index (κ2) is 6.50. The molecule has 1 aromatic carbocycles. The van der Waals surface area contributed by atoms with E-state index in [1.165, 1.54) is 4.90 Å². The van der Waals surface area contributed by atoms with Gasteiger partial charge < -0.3 is 10.1 Å². The number of rotatable bonds is 5. The van der Waals surface area contributed by atoms with Crippen LogP contribution in [0.2, 0.25) is 0 Å². The van der Waals surface area contributed by atoms with Crippen LogP contribution in [0.15, 0.2) is 24.3 Å². The smallest absolute Gasteiger partial charge is 0.325 e. The van der Waals surface area contributed by atoms with Gasteiger partial charge in [0.1, 0.15) is 11.3 Å². The van der Waals surface area contributed by atoms with Crippen molar-refractivity contribution in [2.75, 3.05) is 24.7 Å². The SMILES string of the molecule is N#Cc1ccc(OCCCN2C(=O)NC3(CCSC3)C2=O)cc1. The van der Waals surface area contributed by atoms with Gasteiger partial charge in [-0.05, 0) is 42.9 Å². The summed E-state index contributed by atoms with van der Waals surface area (Å²) in [5, 5.41) is 11.6. The quantitative estimate of drug-likeness (QED) is 0.656. The molecule has 1 aromatic rings. The van der Waals surface area contributed by atoms with Gasteiger partial charge in [-0.25, -0.2) is 4.79 Å². The van der Waals surface area contributed by atoms with Gasteiger partial charge in [0.05, 0.1) is 18.2 Å². The fraction of sp³-hybridized carbons (Fsp3) is 0.438. The Morgan fingerprint density at radius 1 is 1.35 bits per heavy atom. The third-order valence-electron chi connectivity index (χ3n) is 4.05. The second-order valence-electron chi connectivity index (χ2n) is 5.61. The molecule has 23 heavy (non-hydrogen) atoms. The standard InChI is InChI=1S/C16H17N3O3S/c17-10-12-2-4-13(5-3-12)22-8-1-7-19-14(20)16(18-15(19)21)6-9-23-11-16/h2-5H,1,6-9,11H2,(H,18,21). The third kappa shape index (κ3) is 3.13. The monoisotopic (exact) mass is 331 g/mol. The predicted molar refractivity (Wildman–Crippen MR) is 86.2 cm³/mol. The molecule has 2 fully saturated rings. The molecule has 1 unspecified atom stereocenters. The van der Waals surface area contributed by atoms with Crippen molar-refractivity contribution in [3.63, 3.8) is 0 Å². The summed E-state index contributed by atoms with van der Waals surface area (Å²) in [5.74, 6) is 2.13. The minimum Gasteiger partial charge on any atom is -0.494 e. The molecule has 0 aliphatic carbocycles. The van der Waals surface area contributed by atoms with E-state index < -0.39 is 5.54 Å². The molecular formula is C16H17N3O3S. The highest BCUT2D eigenvalue weighted by Crippen LogP contribution is 2.33. The van der Waals surface area contributed by atoms with Crippen molar-refractivity contribution in [3.8, 4) is 11.8 Å². The zero-order valence-corrected chi connectivity index (χ0v) is 13.4. The first kappa shape index (κ1) is 15.7. The summed E-state index contributed by atoms with van der Waals surface area (Å²) in [7, 11) is 0. The average molecular weight is 331 g/mol. The van der Waals surface area contributed by atoms with Crippen LogP contribution in [0.5, 0.6) is 5.75 Å². The minimum atomic E-state index is -0.671. The van der Waals surface area contributed by atoms with Gasteiger partial charge in [-0.3, -0.25) is 9.69 Å². The molecule has 1 spiro atoms. The summed E-state index contributed by atoms with van der Waals surface area (Å²) in [4.78, 5) is 25.7. The number of nitriles is 1. The van der Waals surface area contributed by atoms with Gasteiger partial charge in [-0.2, -0.15) is 17.0 Å². The predicted octanol–water partition coefficient (Wildman–Crippen LogP) is 1.75. The maximum absolute atomic E-state index is 12.4. The van der Waals surface area contributed by atoms with E-state index in [1.807, 2.05) is 6.07 Å². The average Bonchev–Trinajstić information content (AvgIpc) is 3.12. The van der Waals surface area contributed by atoms with Gasteiger partial charge in [0.2, 0.25) is 0 Å². The number of nitrogens with one attached hydrogen (secondary N) is 1. The number of amides is 3. The Labute approximate surface area is 138 Å². The summed E-state index contributed by atoms with van der Waals surface area (Å²) in [5.41, 5.74) is -0.0909. The molecule has 7 heteroatoms. The van der Waals surface area contributed by atoms with Crippen LogP contribution < -0.4 is 10.1 Å². The van der Waals surface area contributed by atoms with E-state index in [2.05, 4.69) is 5.32 Å². The number of carbonyl (C=O) groups is 2. The molecule has 1 atom stereocenters. The number of thioether (sulfide) groups is 1. The van der Waals surface area contributed by atoms with Crippen molar-refractivity contribution in [1.29, 1.82) is 5.26 Å². The second-order valence-corrected chi connectivity index (χ2v) is 6.72. The van der Waals surface area contributed by atoms with Gasteiger partial charge in [0.25, 0.3) is 5.91 Å². The molecular weight excluding hydrogens is 314 g/mol. The van der Waals surface area contributed by atoms with Crippen LogP contribution in [0.25, 0.3) is 0 Å². The lowest BCUT2D eigenvalue weighted by Gasteiger charge is -2.19. The Morgan fingerprint density at radius 2 is 2.13 bits per heavy atom. The highest BCUT2D eigenvalue weighted by molar-refractivity contribution is 7.99. The molecule has 2 heterocycles. The summed E-state index contributed by atoms with van der Waals surface area (Å²) in [6.07, 6.45) is 1.28. The fourth-order valence-electron chi connectivity index (χ4n) is 2.75. The van der Waals surface area contributed by atoms with Crippen LogP contribution in [-0.2, 0) is 4.79 Å². The Balaban J connectivity index is 1.48. The van der Waals surface area contributed by atoms with Crippen molar-refractivity contribution in [1.82, 2.24) is 10.2 Å². The molecule has 120 valence electrons. The molecule has 0 bridgehead atoms. The zero-order chi connectivity index (χ0) is 16.3. The van der Waals surface area contributed by atoms with Gasteiger partial charge in [-0.1, -0.05) is 0 Å². The largest absolute Gasteiger partial charge is 0.494 e. The van der Waals surface area contributed by atoms with Crippen LogP contribution in [0.4, 0.5) is 4.79 Å².